The van der Waals surface area contributed by atoms with Gasteiger partial charge in [0.05, 0.1) is 6.42 Å². The summed E-state index contributed by atoms with van der Waals surface area (Å²) in [6.07, 6.45) is 3.05. The van der Waals surface area contributed by atoms with E-state index in [1.807, 2.05) is 0 Å². The van der Waals surface area contributed by atoms with E-state index in [0.717, 1.165) is 0 Å². The molecule has 0 fully saturated rings. The van der Waals surface area contributed by atoms with E-state index in [1.165, 1.54) is 19.3 Å². The van der Waals surface area contributed by atoms with Gasteiger partial charge in [0.2, 0.25) is 0 Å². The topological polar surface area (TPSA) is 47.0 Å². The maximum absolute atomic E-state index is 11.2. The number of ketones is 2. The summed E-state index contributed by atoms with van der Waals surface area (Å²) in [4.78, 5) is 25.6. The molecule has 0 radical (unpaired) electrons. The summed E-state index contributed by atoms with van der Waals surface area (Å²) in [5.74, 6) is -0.262. The zero-order valence-corrected chi connectivity index (χ0v) is 6.78. The molecule has 1 heterocycles. The Morgan fingerprint density at radius 2 is 1.85 bits per heavy atom. The van der Waals surface area contributed by atoms with Crippen molar-refractivity contribution in [3.63, 3.8) is 0 Å². The van der Waals surface area contributed by atoms with Gasteiger partial charge in [0, 0.05) is 18.0 Å². The second kappa shape index (κ2) is 6.02. The molecule has 0 saturated heterocycles. The number of carbonyl (C=O) groups excluding carboxylic acids is 2. The molecule has 1 rings (SSSR count). The van der Waals surface area contributed by atoms with Crippen molar-refractivity contribution in [2.45, 2.75) is 13.3 Å². The molecule has 0 aliphatic rings. The fourth-order valence-corrected chi connectivity index (χ4v) is 0.866. The summed E-state index contributed by atoms with van der Waals surface area (Å²) in [6, 6.07) is 3.20. The first-order chi connectivity index (χ1) is 5.70. The van der Waals surface area contributed by atoms with Gasteiger partial charge in [-0.05, 0) is 19.1 Å². The molecule has 0 spiro atoms. The molecule has 64 valence electrons. The van der Waals surface area contributed by atoms with Crippen molar-refractivity contribution in [3.05, 3.63) is 30.1 Å². The second-order valence-electron chi connectivity index (χ2n) is 2.54. The van der Waals surface area contributed by atoms with Crippen molar-refractivity contribution in [2.24, 2.45) is 0 Å². The molecule has 0 saturated carbocycles. The zero-order chi connectivity index (χ0) is 8.97. The number of hydrogen-bond donors (Lipinski definition) is 0. The zero-order valence-electron chi connectivity index (χ0n) is 6.78. The average Bonchev–Trinajstić information content (AvgIpc) is 2.05. The molecule has 1 aromatic rings. The SMILES string of the molecule is CC(=O)CC(=O)c1ccncc1.[NaH]. The van der Waals surface area contributed by atoms with Gasteiger partial charge < -0.3 is 0 Å². The third kappa shape index (κ3) is 4.31. The molecule has 0 aliphatic heterocycles. The molecule has 0 bridgehead atoms. The van der Waals surface area contributed by atoms with Crippen LogP contribution >= 0.6 is 0 Å². The Morgan fingerprint density at radius 3 is 2.31 bits per heavy atom. The van der Waals surface area contributed by atoms with Crippen molar-refractivity contribution >= 4 is 41.1 Å². The standard InChI is InChI=1S/C9H9NO2.Na.H/c1-7(11)6-9(12)8-2-4-10-5-3-8;;/h2-5H,6H2,1H3;;. The molecule has 3 nitrogen and oxygen atoms in total. The molecule has 1 aromatic heterocycles. The van der Waals surface area contributed by atoms with E-state index in [4.69, 9.17) is 0 Å². The van der Waals surface area contributed by atoms with E-state index < -0.39 is 0 Å². The minimum atomic E-state index is -0.148. The maximum atomic E-state index is 11.2. The molecule has 13 heavy (non-hydrogen) atoms. The monoisotopic (exact) mass is 187 g/mol. The van der Waals surface area contributed by atoms with Crippen LogP contribution in [0.15, 0.2) is 24.5 Å². The van der Waals surface area contributed by atoms with Gasteiger partial charge in [-0.2, -0.15) is 0 Å². The molecule has 0 aliphatic carbocycles. The van der Waals surface area contributed by atoms with Crippen LogP contribution in [0.25, 0.3) is 0 Å². The van der Waals surface area contributed by atoms with Crippen LogP contribution < -0.4 is 0 Å². The van der Waals surface area contributed by atoms with Crippen LogP contribution in [0.2, 0.25) is 0 Å². The molecule has 0 unspecified atom stereocenters. The molecular weight excluding hydrogens is 177 g/mol. The first kappa shape index (κ1) is 12.5. The summed E-state index contributed by atoms with van der Waals surface area (Å²) in [5, 5.41) is 0. The Bertz CT molecular complexity index is 298. The van der Waals surface area contributed by atoms with Gasteiger partial charge >= 0.3 is 29.6 Å². The van der Waals surface area contributed by atoms with Crippen LogP contribution in [0.4, 0.5) is 0 Å². The number of Topliss-reactive ketones (excluding diaryl/α,β-unsaturated/α-hetero) is 2. The molecule has 0 atom stereocenters. The van der Waals surface area contributed by atoms with Gasteiger partial charge in [-0.1, -0.05) is 0 Å². The van der Waals surface area contributed by atoms with Gasteiger partial charge in [0.1, 0.15) is 5.78 Å². The Hall–Kier alpha value is -0.510. The average molecular weight is 187 g/mol. The summed E-state index contributed by atoms with van der Waals surface area (Å²) in [6.45, 7) is 1.40. The van der Waals surface area contributed by atoms with Gasteiger partial charge in [-0.25, -0.2) is 0 Å². The Balaban J connectivity index is 0.00000144. The Labute approximate surface area is 98.8 Å². The third-order valence-corrected chi connectivity index (χ3v) is 1.41. The predicted molar refractivity (Wildman–Crippen MR) is 51.0 cm³/mol. The first-order valence-electron chi connectivity index (χ1n) is 3.63. The van der Waals surface area contributed by atoms with E-state index in [0.29, 0.717) is 5.56 Å². The number of pyridine rings is 1. The van der Waals surface area contributed by atoms with Crippen LogP contribution in [0.1, 0.15) is 23.7 Å². The van der Waals surface area contributed by atoms with Crippen LogP contribution in [-0.4, -0.2) is 46.1 Å². The van der Waals surface area contributed by atoms with E-state index in [-0.39, 0.29) is 47.5 Å². The molecule has 0 N–H and O–H groups in total. The number of carbonyl (C=O) groups is 2. The van der Waals surface area contributed by atoms with E-state index in [9.17, 15) is 9.59 Å². The first-order valence-corrected chi connectivity index (χ1v) is 3.63. The normalized spacial score (nSPS) is 8.69. The number of hydrogen-bond acceptors (Lipinski definition) is 3. The van der Waals surface area contributed by atoms with Gasteiger partial charge in [0.15, 0.2) is 5.78 Å². The summed E-state index contributed by atoms with van der Waals surface area (Å²) in [7, 11) is 0. The van der Waals surface area contributed by atoms with Crippen LogP contribution in [0.3, 0.4) is 0 Å². The van der Waals surface area contributed by atoms with Crippen molar-refractivity contribution in [1.82, 2.24) is 4.98 Å². The number of rotatable bonds is 3. The van der Waals surface area contributed by atoms with Crippen molar-refractivity contribution in [2.75, 3.05) is 0 Å². The number of aromatic nitrogens is 1. The molecule has 4 heteroatoms. The van der Waals surface area contributed by atoms with Gasteiger partial charge in [0.25, 0.3) is 0 Å². The second-order valence-corrected chi connectivity index (χ2v) is 2.54. The summed E-state index contributed by atoms with van der Waals surface area (Å²) in [5.41, 5.74) is 0.542. The molecule has 0 aromatic carbocycles. The molecular formula is C9H10NNaO2. The van der Waals surface area contributed by atoms with Crippen molar-refractivity contribution in [3.8, 4) is 0 Å². The van der Waals surface area contributed by atoms with Gasteiger partial charge in [-0.15, -0.1) is 0 Å². The fraction of sp³-hybridized carbons (Fsp3) is 0.222. The predicted octanol–water partition coefficient (Wildman–Crippen LogP) is 0.595. The van der Waals surface area contributed by atoms with E-state index >= 15 is 0 Å². The quantitative estimate of drug-likeness (QED) is 0.395. The van der Waals surface area contributed by atoms with Crippen molar-refractivity contribution < 1.29 is 9.59 Å². The third-order valence-electron chi connectivity index (χ3n) is 1.41. The van der Waals surface area contributed by atoms with Crippen molar-refractivity contribution in [1.29, 1.82) is 0 Å². The Morgan fingerprint density at radius 1 is 1.31 bits per heavy atom. The van der Waals surface area contributed by atoms with Crippen LogP contribution in [0.5, 0.6) is 0 Å². The summed E-state index contributed by atoms with van der Waals surface area (Å²) >= 11 is 0. The summed E-state index contributed by atoms with van der Waals surface area (Å²) < 4.78 is 0. The minimum absolute atomic E-state index is 0. The van der Waals surface area contributed by atoms with E-state index in [2.05, 4.69) is 4.98 Å². The Kier molecular flexibility index (Phi) is 5.79. The van der Waals surface area contributed by atoms with Crippen LogP contribution in [0, 0.1) is 0 Å². The number of nitrogens with zero attached hydrogens (tertiary/aromatic N) is 1. The van der Waals surface area contributed by atoms with Crippen LogP contribution in [-0.2, 0) is 4.79 Å². The fourth-order valence-electron chi connectivity index (χ4n) is 0.866. The van der Waals surface area contributed by atoms with E-state index in [1.54, 1.807) is 12.1 Å². The van der Waals surface area contributed by atoms with Gasteiger partial charge in [-0.3, -0.25) is 14.6 Å². The molecule has 0 amide bonds.